The van der Waals surface area contributed by atoms with Crippen LogP contribution in [0.2, 0.25) is 0 Å². The molecule has 1 aliphatic rings. The summed E-state index contributed by atoms with van der Waals surface area (Å²) < 4.78 is 46.2. The number of hydrogen-bond donors (Lipinski definition) is 1. The lowest BCUT2D eigenvalue weighted by Crippen LogP contribution is -2.33. The van der Waals surface area contributed by atoms with Gasteiger partial charge in [-0.05, 0) is 32.9 Å². The molecule has 5 atom stereocenters. The first-order valence-electron chi connectivity index (χ1n) is 6.84. The van der Waals surface area contributed by atoms with Crippen LogP contribution in [0, 0.1) is 29.3 Å². The molecule has 2 rings (SSSR count). The van der Waals surface area contributed by atoms with Gasteiger partial charge in [-0.25, -0.2) is 13.2 Å². The van der Waals surface area contributed by atoms with Gasteiger partial charge in [0.15, 0.2) is 11.6 Å². The second kappa shape index (κ2) is 5.74. The van der Waals surface area contributed by atoms with Gasteiger partial charge in [0.25, 0.3) is 0 Å². The van der Waals surface area contributed by atoms with Crippen molar-refractivity contribution in [2.75, 3.05) is 7.05 Å². The molecule has 1 N–H and O–H groups in total. The first kappa shape index (κ1) is 15.3. The lowest BCUT2D eigenvalue weighted by atomic mass is 9.80. The molecular weight excluding hydrogens is 267 g/mol. The summed E-state index contributed by atoms with van der Waals surface area (Å²) in [6.45, 7) is 5.92. The maximum atomic E-state index is 14.0. The Kier molecular flexibility index (Phi) is 4.39. The van der Waals surface area contributed by atoms with E-state index in [0.717, 1.165) is 6.07 Å². The van der Waals surface area contributed by atoms with Crippen molar-refractivity contribution in [3.05, 3.63) is 35.1 Å². The molecule has 0 aliphatic carbocycles. The molecule has 1 saturated heterocycles. The van der Waals surface area contributed by atoms with E-state index < -0.39 is 23.5 Å². The van der Waals surface area contributed by atoms with Crippen LogP contribution in [0.5, 0.6) is 0 Å². The average Bonchev–Trinajstić information content (AvgIpc) is 2.63. The highest BCUT2D eigenvalue weighted by atomic mass is 19.2. The Morgan fingerprint density at radius 3 is 2.10 bits per heavy atom. The molecule has 5 heteroatoms. The maximum Gasteiger partial charge on any atom is 0.161 e. The highest BCUT2D eigenvalue weighted by Crippen LogP contribution is 2.41. The third-order valence-electron chi connectivity index (χ3n) is 4.39. The van der Waals surface area contributed by atoms with Crippen molar-refractivity contribution in [1.82, 2.24) is 5.32 Å². The van der Waals surface area contributed by atoms with Crippen LogP contribution in [-0.4, -0.2) is 19.3 Å². The summed E-state index contributed by atoms with van der Waals surface area (Å²) in [7, 11) is 1.69. The van der Waals surface area contributed by atoms with Gasteiger partial charge in [-0.15, -0.1) is 0 Å². The van der Waals surface area contributed by atoms with E-state index in [9.17, 15) is 13.2 Å². The van der Waals surface area contributed by atoms with Crippen molar-refractivity contribution in [3.63, 3.8) is 0 Å². The van der Waals surface area contributed by atoms with E-state index in [2.05, 4.69) is 5.32 Å². The van der Waals surface area contributed by atoms with Crippen LogP contribution < -0.4 is 5.32 Å². The zero-order valence-electron chi connectivity index (χ0n) is 12.1. The van der Waals surface area contributed by atoms with Crippen LogP contribution in [-0.2, 0) is 4.74 Å². The summed E-state index contributed by atoms with van der Waals surface area (Å²) >= 11 is 0. The number of halogens is 3. The van der Waals surface area contributed by atoms with E-state index in [4.69, 9.17) is 4.74 Å². The molecule has 2 nitrogen and oxygen atoms in total. The second-order valence-corrected chi connectivity index (χ2v) is 5.54. The molecule has 20 heavy (non-hydrogen) atoms. The quantitative estimate of drug-likeness (QED) is 0.860. The molecular formula is C15H20F3NO. The third-order valence-corrected chi connectivity index (χ3v) is 4.39. The molecule has 1 aliphatic heterocycles. The van der Waals surface area contributed by atoms with E-state index >= 15 is 0 Å². The van der Waals surface area contributed by atoms with Crippen LogP contribution in [0.3, 0.4) is 0 Å². The molecule has 1 fully saturated rings. The highest BCUT2D eigenvalue weighted by Gasteiger charge is 2.42. The lowest BCUT2D eigenvalue weighted by Gasteiger charge is -2.29. The predicted octanol–water partition coefficient (Wildman–Crippen LogP) is 3.42. The number of benzene rings is 1. The summed E-state index contributed by atoms with van der Waals surface area (Å²) in [5, 5.41) is 3.02. The van der Waals surface area contributed by atoms with Gasteiger partial charge in [-0.1, -0.05) is 6.92 Å². The van der Waals surface area contributed by atoms with Crippen LogP contribution in [0.15, 0.2) is 12.1 Å². The molecule has 0 spiro atoms. The molecule has 0 saturated carbocycles. The molecule has 0 amide bonds. The Labute approximate surface area is 117 Å². The number of ether oxygens (including phenoxy) is 1. The van der Waals surface area contributed by atoms with Crippen molar-refractivity contribution < 1.29 is 17.9 Å². The fraction of sp³-hybridized carbons (Fsp3) is 0.600. The highest BCUT2D eigenvalue weighted by molar-refractivity contribution is 5.25. The van der Waals surface area contributed by atoms with E-state index in [0.29, 0.717) is 6.07 Å². The molecule has 0 bridgehead atoms. The minimum absolute atomic E-state index is 0.00522. The van der Waals surface area contributed by atoms with Crippen molar-refractivity contribution in [1.29, 1.82) is 0 Å². The zero-order valence-corrected chi connectivity index (χ0v) is 12.1. The number of nitrogens with one attached hydrogen (secondary N) is 1. The van der Waals surface area contributed by atoms with Crippen LogP contribution in [0.1, 0.15) is 32.4 Å². The van der Waals surface area contributed by atoms with Crippen molar-refractivity contribution >= 4 is 0 Å². The van der Waals surface area contributed by atoms with Gasteiger partial charge in [-0.2, -0.15) is 0 Å². The zero-order chi connectivity index (χ0) is 15.0. The summed E-state index contributed by atoms with van der Waals surface area (Å²) in [5.41, 5.74) is 0.146. The van der Waals surface area contributed by atoms with E-state index in [-0.39, 0.29) is 29.6 Å². The Morgan fingerprint density at radius 1 is 1.00 bits per heavy atom. The van der Waals surface area contributed by atoms with Gasteiger partial charge in [0.05, 0.1) is 12.2 Å². The molecule has 0 radical (unpaired) electrons. The van der Waals surface area contributed by atoms with Crippen molar-refractivity contribution in [3.8, 4) is 0 Å². The number of rotatable bonds is 3. The summed E-state index contributed by atoms with van der Waals surface area (Å²) in [4.78, 5) is 0. The summed E-state index contributed by atoms with van der Waals surface area (Å²) in [6, 6.07) is 1.12. The maximum absolute atomic E-state index is 14.0. The number of hydrogen-bond acceptors (Lipinski definition) is 2. The molecule has 1 aromatic rings. The van der Waals surface area contributed by atoms with Crippen molar-refractivity contribution in [2.24, 2.45) is 11.8 Å². The van der Waals surface area contributed by atoms with Gasteiger partial charge in [0.1, 0.15) is 5.82 Å². The van der Waals surface area contributed by atoms with Gasteiger partial charge < -0.3 is 10.1 Å². The Balaban J connectivity index is 2.40. The van der Waals surface area contributed by atoms with Crippen LogP contribution in [0.4, 0.5) is 13.2 Å². The second-order valence-electron chi connectivity index (χ2n) is 5.54. The largest absolute Gasteiger partial charge is 0.375 e. The Bertz CT molecular complexity index is 494. The summed E-state index contributed by atoms with van der Waals surface area (Å²) in [6.07, 6.45) is -0.0239. The first-order valence-corrected chi connectivity index (χ1v) is 6.84. The van der Waals surface area contributed by atoms with Gasteiger partial charge in [-0.3, -0.25) is 0 Å². The SMILES string of the molecule is CNC(c1cc(F)c(F)cc1F)C1C(C)OC(C)C1C. The topological polar surface area (TPSA) is 21.3 Å². The fourth-order valence-corrected chi connectivity index (χ4v) is 3.20. The average molecular weight is 287 g/mol. The van der Waals surface area contributed by atoms with E-state index in [1.807, 2.05) is 20.8 Å². The minimum atomic E-state index is -1.17. The van der Waals surface area contributed by atoms with E-state index in [1.165, 1.54) is 0 Å². The first-order chi connectivity index (χ1) is 9.36. The third kappa shape index (κ3) is 2.56. The molecule has 112 valence electrons. The lowest BCUT2D eigenvalue weighted by molar-refractivity contribution is 0.0476. The smallest absolute Gasteiger partial charge is 0.161 e. The van der Waals surface area contributed by atoms with Gasteiger partial charge in [0.2, 0.25) is 0 Å². The van der Waals surface area contributed by atoms with E-state index in [1.54, 1.807) is 7.05 Å². The predicted molar refractivity (Wildman–Crippen MR) is 70.8 cm³/mol. The molecule has 5 unspecified atom stereocenters. The van der Waals surface area contributed by atoms with Gasteiger partial charge in [0, 0.05) is 23.6 Å². The standard InChI is InChI=1S/C15H20F3NO/c1-7-8(2)20-9(3)14(7)15(19-4)10-5-12(17)13(18)6-11(10)16/h5-9,14-15,19H,1-4H3. The summed E-state index contributed by atoms with van der Waals surface area (Å²) in [5.74, 6) is -2.75. The van der Waals surface area contributed by atoms with Crippen molar-refractivity contribution in [2.45, 2.75) is 39.0 Å². The fourth-order valence-electron chi connectivity index (χ4n) is 3.20. The molecule has 0 aromatic heterocycles. The monoisotopic (exact) mass is 287 g/mol. The molecule has 1 heterocycles. The van der Waals surface area contributed by atoms with Gasteiger partial charge >= 0.3 is 0 Å². The Morgan fingerprint density at radius 2 is 1.60 bits per heavy atom. The van der Waals surface area contributed by atoms with Crippen LogP contribution in [0.25, 0.3) is 0 Å². The normalized spacial score (nSPS) is 31.6. The Hall–Kier alpha value is -1.07. The van der Waals surface area contributed by atoms with Crippen LogP contribution >= 0.6 is 0 Å². The minimum Gasteiger partial charge on any atom is -0.375 e. The molecule has 1 aromatic carbocycles.